The SMILES string of the molecule is CC(C)(C)OC(=O)NCCCOc1ccc2c(c1)CNC2.[B]B([B])B([B])B(B(B([B])[B])B([B])[B])B(B(B(B([B])[B])B([B])[B])B(B([B])[B])B([B])[B])B(B(B(B([B])[B])B([B])[B])B(B([B])[B])B([B])[B])B(B(B([B])[B])B([B])[B])B(B([B])[B])B([B])[B]. The Morgan fingerprint density at radius 1 is 0.407 bits per heavy atom. The Labute approximate surface area is 545 Å². The number of hydrogen-bond donors (Lipinski definition) is 2. The number of fused-ring (bicyclic) bond motifs is 1. The lowest BCUT2D eigenvalue weighted by atomic mass is 8.23. The Morgan fingerprint density at radius 3 is 0.963 bits per heavy atom. The zero-order valence-corrected chi connectivity index (χ0v) is 47.6. The second-order valence-electron chi connectivity index (χ2n) is 22.9. The van der Waals surface area contributed by atoms with E-state index < -0.39 is 191 Å². The fraction of sp³-hybridized carbons (Fsp3) is 0.562. The Hall–Kier alpha value is 2.15. The maximum absolute atomic E-state index is 11.4. The molecule has 62 radical (unpaired) electrons. The first-order valence-electron chi connectivity index (χ1n) is 27.0. The molecule has 1 aromatic rings. The van der Waals surface area contributed by atoms with E-state index in [4.69, 9.17) is 249 Å². The van der Waals surface area contributed by atoms with Crippen molar-refractivity contribution < 1.29 is 14.3 Å². The lowest BCUT2D eigenvalue weighted by Crippen LogP contribution is -2.97. The average molecular weight is 941 g/mol. The Kier molecular flexibility index (Phi) is 38.2. The van der Waals surface area contributed by atoms with Gasteiger partial charge in [0.15, 0.2) is 0 Å². The molecule has 0 aromatic heterocycles. The zero-order chi connectivity index (χ0) is 63.0. The van der Waals surface area contributed by atoms with Crippen LogP contribution in [0.25, 0.3) is 0 Å². The molecule has 1 amide bonds. The second-order valence-corrected chi connectivity index (χ2v) is 22.9. The van der Waals surface area contributed by atoms with E-state index >= 15 is 0 Å². The van der Waals surface area contributed by atoms with Crippen LogP contribution in [0, 0.1) is 0 Å². The van der Waals surface area contributed by atoms with Gasteiger partial charge in [-0.05, 0) is 50.5 Å². The van der Waals surface area contributed by atoms with E-state index in [1.165, 1.54) is 11.1 Å². The quantitative estimate of drug-likeness (QED) is 0.0545. The zero-order valence-electron chi connectivity index (χ0n) is 47.6. The molecule has 1 aliphatic rings. The van der Waals surface area contributed by atoms with Crippen LogP contribution in [0.3, 0.4) is 0 Å². The van der Waals surface area contributed by atoms with Gasteiger partial charge in [0.05, 0.1) is 6.61 Å². The van der Waals surface area contributed by atoms with Gasteiger partial charge in [0.25, 0.3) is 0 Å². The molecule has 65 heteroatoms. The van der Waals surface area contributed by atoms with Gasteiger partial charge in [-0.25, -0.2) is 4.79 Å². The van der Waals surface area contributed by atoms with Gasteiger partial charge in [-0.3, -0.25) is 0 Å². The molecule has 2 N–H and O–H groups in total. The number of hydrogen-bond acceptors (Lipinski definition) is 4. The molecule has 2 rings (SSSR count). The van der Waals surface area contributed by atoms with Crippen LogP contribution in [0.4, 0.5) is 4.79 Å². The summed E-state index contributed by atoms with van der Waals surface area (Å²) in [6.07, 6.45) is -41.2. The molecular weight excluding hydrogens is 917 g/mol. The molecule has 0 bridgehead atoms. The molecule has 0 saturated heterocycles. The third-order valence-corrected chi connectivity index (χ3v) is 15.5. The molecule has 1 aromatic carbocycles. The minimum absolute atomic E-state index is 0.383. The van der Waals surface area contributed by atoms with Gasteiger partial charge >= 0.3 is 6.09 Å². The fourth-order valence-electron chi connectivity index (χ4n) is 12.4. The first-order chi connectivity index (χ1) is 37.2. The third-order valence-electron chi connectivity index (χ3n) is 15.5. The number of alkyl carbamates (subject to hydrolysis) is 1. The van der Waals surface area contributed by atoms with Crippen LogP contribution in [0.1, 0.15) is 38.3 Å². The van der Waals surface area contributed by atoms with Crippen molar-refractivity contribution in [3.05, 3.63) is 29.3 Å². The second kappa shape index (κ2) is 38.1. The highest BCUT2D eigenvalue weighted by atomic mass is 16.6. The minimum atomic E-state index is -1.52. The summed E-state index contributed by atoms with van der Waals surface area (Å²) >= 11 is 0. The van der Waals surface area contributed by atoms with Crippen molar-refractivity contribution in [3.8, 4) is 5.75 Å². The molecule has 5 nitrogen and oxygen atoms in total. The molecular formula is C16H24B60N2O3. The Bertz CT molecular complexity index is 1740. The number of amides is 1. The van der Waals surface area contributed by atoms with E-state index in [0.717, 1.165) is 25.3 Å². The van der Waals surface area contributed by atoms with Crippen LogP contribution >= 0.6 is 0 Å². The summed E-state index contributed by atoms with van der Waals surface area (Å²) in [6, 6.07) is 6.17. The van der Waals surface area contributed by atoms with Gasteiger partial charge in [0.2, 0.25) is 0 Å². The number of rotatable bonds is 33. The van der Waals surface area contributed by atoms with Crippen molar-refractivity contribution in [2.24, 2.45) is 0 Å². The summed E-state index contributed by atoms with van der Waals surface area (Å²) in [7, 11) is 204. The van der Waals surface area contributed by atoms with Crippen molar-refractivity contribution in [3.63, 3.8) is 0 Å². The number of ether oxygens (including phenoxy) is 2. The standard InChI is InChI=1S/C16H24N2O3.B60/c1-16(2,3)21-15(19)18-7-4-8-20-14-6-5-12-10-17-11-13(12)9-14;1-32(2)47(31)55(48(33(3)4)34(5)6)59(56(49(35(7)8)36(9)10)50(37(11)12)38(13)14)60(57(51(39(15)16)40(17)18)52(41(19)20)42(21)22)58(53(43(23)24)44(25)26)54(45(27)28)46(29)30/h5-6,9,17H,4,7-8,10-11H2,1-3H3,(H,18,19);. The van der Waals surface area contributed by atoms with E-state index in [9.17, 15) is 4.79 Å². The molecule has 0 fully saturated rings. The maximum Gasteiger partial charge on any atom is 0.407 e. The Balaban J connectivity index is 0.00000129. The Morgan fingerprint density at radius 2 is 0.679 bits per heavy atom. The lowest BCUT2D eigenvalue weighted by Gasteiger charge is -2.59. The van der Waals surface area contributed by atoms with Crippen molar-refractivity contribution in [1.82, 2.24) is 10.6 Å². The van der Waals surface area contributed by atoms with E-state index in [1.54, 1.807) is 0 Å². The summed E-state index contributed by atoms with van der Waals surface area (Å²) in [5.74, 6) is 0.884. The monoisotopic (exact) mass is 953 g/mol. The first kappa shape index (κ1) is 81.2. The molecule has 0 unspecified atom stereocenters. The molecule has 0 saturated carbocycles. The fourth-order valence-corrected chi connectivity index (χ4v) is 12.4. The normalized spacial score (nSPS) is 10.8. The molecule has 296 valence electrons. The van der Waals surface area contributed by atoms with Crippen LogP contribution in [0.2, 0.25) is 0 Å². The summed E-state index contributed by atoms with van der Waals surface area (Å²) in [5, 5.41) is 6.02. The number of carbonyl (C=O) groups excluding carboxylic acids is 1. The van der Waals surface area contributed by atoms with Crippen molar-refractivity contribution in [2.45, 2.75) is 45.9 Å². The topological polar surface area (TPSA) is 59.6 Å². The summed E-state index contributed by atoms with van der Waals surface area (Å²) in [6.45, 7) is 8.50. The highest BCUT2D eigenvalue weighted by Crippen LogP contribution is 2.25. The van der Waals surface area contributed by atoms with Crippen LogP contribution in [-0.4, -0.2) is 450 Å². The number of nitrogens with one attached hydrogen (secondary N) is 2. The van der Waals surface area contributed by atoms with Crippen LogP contribution in [-0.2, 0) is 17.8 Å². The number of benzene rings is 1. The summed E-state index contributed by atoms with van der Waals surface area (Å²) < 4.78 is 10.8. The molecule has 81 heavy (non-hydrogen) atoms. The van der Waals surface area contributed by atoms with Crippen molar-refractivity contribution >= 4 is 431 Å². The highest BCUT2D eigenvalue weighted by molar-refractivity contribution is 8.38. The van der Waals surface area contributed by atoms with Crippen molar-refractivity contribution in [1.29, 1.82) is 0 Å². The largest absolute Gasteiger partial charge is 0.494 e. The van der Waals surface area contributed by atoms with E-state index in [0.29, 0.717) is 13.2 Å². The van der Waals surface area contributed by atoms with Crippen LogP contribution in [0.15, 0.2) is 18.2 Å². The minimum Gasteiger partial charge on any atom is -0.494 e. The van der Waals surface area contributed by atoms with Crippen LogP contribution < -0.4 is 15.4 Å². The predicted octanol–water partition coefficient (Wildman–Crippen LogP) is -20.3. The van der Waals surface area contributed by atoms with Gasteiger partial charge in [-0.15, -0.1) is 0 Å². The predicted molar refractivity (Wildman–Crippen MR) is 427 cm³/mol. The highest BCUT2D eigenvalue weighted by Gasteiger charge is 2.62. The number of carbonyl (C=O) groups is 1. The molecule has 0 atom stereocenters. The van der Waals surface area contributed by atoms with E-state index in [1.807, 2.05) is 26.8 Å². The van der Waals surface area contributed by atoms with Gasteiger partial charge in [-0.1, -0.05) is 6.07 Å². The van der Waals surface area contributed by atoms with E-state index in [-0.39, 0.29) is 6.09 Å². The lowest BCUT2D eigenvalue weighted by molar-refractivity contribution is 0.0525. The van der Waals surface area contributed by atoms with Gasteiger partial charge < -0.3 is 20.1 Å². The maximum atomic E-state index is 11.4. The van der Waals surface area contributed by atoms with Gasteiger partial charge in [0.1, 0.15) is 11.4 Å². The molecule has 0 spiro atoms. The van der Waals surface area contributed by atoms with E-state index in [2.05, 4.69) is 22.8 Å². The van der Waals surface area contributed by atoms with Gasteiger partial charge in [0, 0.05) is 445 Å². The summed E-state index contributed by atoms with van der Waals surface area (Å²) in [4.78, 5) is 11.4. The summed E-state index contributed by atoms with van der Waals surface area (Å²) in [5.41, 5.74) is 2.19. The smallest absolute Gasteiger partial charge is 0.407 e. The molecule has 0 aliphatic carbocycles. The third kappa shape index (κ3) is 24.7. The molecule has 1 aliphatic heterocycles. The van der Waals surface area contributed by atoms with Crippen LogP contribution in [0.5, 0.6) is 5.75 Å². The van der Waals surface area contributed by atoms with Gasteiger partial charge in [-0.2, -0.15) is 0 Å². The molecule has 1 heterocycles. The first-order valence-corrected chi connectivity index (χ1v) is 27.0. The average Bonchev–Trinajstić information content (AvgIpc) is 3.75. The van der Waals surface area contributed by atoms with Crippen molar-refractivity contribution in [2.75, 3.05) is 13.2 Å².